The second kappa shape index (κ2) is 8.88. The van der Waals surface area contributed by atoms with Crippen molar-refractivity contribution >= 4 is 34.7 Å². The quantitative estimate of drug-likeness (QED) is 0.322. The second-order valence-corrected chi connectivity index (χ2v) is 7.74. The summed E-state index contributed by atoms with van der Waals surface area (Å²) in [6.45, 7) is 0. The number of anilines is 1. The predicted octanol–water partition coefficient (Wildman–Crippen LogP) is 4.69. The Hall–Kier alpha value is -3.97. The molecule has 4 rings (SSSR count). The largest absolute Gasteiger partial charge is 0.508 e. The van der Waals surface area contributed by atoms with Crippen molar-refractivity contribution in [3.05, 3.63) is 88.5 Å². The first kappa shape index (κ1) is 22.2. The van der Waals surface area contributed by atoms with Gasteiger partial charge in [-0.1, -0.05) is 23.7 Å². The van der Waals surface area contributed by atoms with Crippen molar-refractivity contribution in [1.29, 1.82) is 0 Å². The first-order chi connectivity index (χ1) is 15.8. The molecule has 3 aromatic rings. The van der Waals surface area contributed by atoms with Gasteiger partial charge in [-0.05, 0) is 60.2 Å². The van der Waals surface area contributed by atoms with Crippen LogP contribution in [-0.2, 0) is 9.59 Å². The second-order valence-electron chi connectivity index (χ2n) is 7.30. The fraction of sp³-hybridized carbons (Fsp3) is 0.120. The van der Waals surface area contributed by atoms with E-state index in [4.69, 9.17) is 21.1 Å². The number of phenols is 1. The Labute approximate surface area is 195 Å². The number of aliphatic hydroxyl groups excluding tert-OH is 1. The van der Waals surface area contributed by atoms with E-state index >= 15 is 0 Å². The van der Waals surface area contributed by atoms with Gasteiger partial charge in [-0.3, -0.25) is 14.5 Å². The van der Waals surface area contributed by atoms with Gasteiger partial charge in [0, 0.05) is 10.7 Å². The highest BCUT2D eigenvalue weighted by molar-refractivity contribution is 6.51. The fourth-order valence-corrected chi connectivity index (χ4v) is 4.00. The summed E-state index contributed by atoms with van der Waals surface area (Å²) in [4.78, 5) is 27.7. The van der Waals surface area contributed by atoms with E-state index in [1.165, 1.54) is 37.3 Å². The molecular formula is C25H20ClNO6. The Balaban J connectivity index is 1.96. The van der Waals surface area contributed by atoms with Crippen LogP contribution in [-0.4, -0.2) is 36.1 Å². The molecule has 1 fully saturated rings. The van der Waals surface area contributed by atoms with Gasteiger partial charge in [0.05, 0.1) is 31.4 Å². The zero-order chi connectivity index (χ0) is 23.7. The third kappa shape index (κ3) is 3.99. The SMILES string of the molecule is COc1ccc(N2C(=O)C(=O)/C(=C(/O)c3cc(Cl)ccc3OC)C2c2ccc(O)cc2)cc1. The Morgan fingerprint density at radius 2 is 1.61 bits per heavy atom. The molecule has 1 saturated heterocycles. The Bertz CT molecular complexity index is 1250. The average molecular weight is 466 g/mol. The number of rotatable bonds is 5. The summed E-state index contributed by atoms with van der Waals surface area (Å²) in [6, 6.07) is 16.4. The number of hydrogen-bond acceptors (Lipinski definition) is 6. The molecule has 168 valence electrons. The summed E-state index contributed by atoms with van der Waals surface area (Å²) in [6.07, 6.45) is 0. The standard InChI is InChI=1S/C25H20ClNO6/c1-32-18-10-6-16(7-11-18)27-22(14-3-8-17(28)9-4-14)21(24(30)25(27)31)23(29)19-13-15(26)5-12-20(19)33-2/h3-13,22,28-29H,1-2H3/b23-21+. The van der Waals surface area contributed by atoms with Crippen LogP contribution in [0.2, 0.25) is 5.02 Å². The molecule has 1 unspecified atom stereocenters. The van der Waals surface area contributed by atoms with E-state index < -0.39 is 23.5 Å². The Kier molecular flexibility index (Phi) is 5.98. The lowest BCUT2D eigenvalue weighted by Crippen LogP contribution is -2.29. The van der Waals surface area contributed by atoms with E-state index in [9.17, 15) is 19.8 Å². The first-order valence-corrected chi connectivity index (χ1v) is 10.3. The highest BCUT2D eigenvalue weighted by Gasteiger charge is 2.47. The molecule has 3 aromatic carbocycles. The minimum Gasteiger partial charge on any atom is -0.508 e. The summed E-state index contributed by atoms with van der Waals surface area (Å²) in [5, 5.41) is 21.3. The fourth-order valence-electron chi connectivity index (χ4n) is 3.82. The summed E-state index contributed by atoms with van der Waals surface area (Å²) >= 11 is 6.12. The maximum absolute atomic E-state index is 13.2. The summed E-state index contributed by atoms with van der Waals surface area (Å²) < 4.78 is 10.5. The smallest absolute Gasteiger partial charge is 0.300 e. The number of Topliss-reactive ketones (excluding diaryl/α,β-unsaturated/α-hetero) is 1. The molecule has 0 spiro atoms. The minimum absolute atomic E-state index is 0.0247. The van der Waals surface area contributed by atoms with Crippen molar-refractivity contribution in [3.8, 4) is 17.2 Å². The zero-order valence-corrected chi connectivity index (χ0v) is 18.5. The zero-order valence-electron chi connectivity index (χ0n) is 17.8. The lowest BCUT2D eigenvalue weighted by Gasteiger charge is -2.25. The molecule has 1 aliphatic rings. The van der Waals surface area contributed by atoms with Crippen molar-refractivity contribution in [1.82, 2.24) is 0 Å². The normalized spacial score (nSPS) is 17.3. The van der Waals surface area contributed by atoms with E-state index in [0.717, 1.165) is 0 Å². The lowest BCUT2D eigenvalue weighted by molar-refractivity contribution is -0.132. The van der Waals surface area contributed by atoms with E-state index in [-0.39, 0.29) is 22.6 Å². The van der Waals surface area contributed by atoms with Crippen molar-refractivity contribution < 1.29 is 29.3 Å². The number of hydrogen-bond donors (Lipinski definition) is 2. The number of phenolic OH excluding ortho intramolecular Hbond substituents is 1. The maximum Gasteiger partial charge on any atom is 0.300 e. The number of carbonyl (C=O) groups is 2. The molecule has 2 N–H and O–H groups in total. The number of methoxy groups -OCH3 is 2. The van der Waals surface area contributed by atoms with E-state index in [0.29, 0.717) is 22.0 Å². The minimum atomic E-state index is -0.956. The summed E-state index contributed by atoms with van der Waals surface area (Å²) in [7, 11) is 2.95. The highest BCUT2D eigenvalue weighted by atomic mass is 35.5. The van der Waals surface area contributed by atoms with Gasteiger partial charge in [-0.2, -0.15) is 0 Å². The van der Waals surface area contributed by atoms with Crippen LogP contribution in [0.5, 0.6) is 17.2 Å². The molecule has 1 atom stereocenters. The van der Waals surface area contributed by atoms with Crippen molar-refractivity contribution in [2.75, 3.05) is 19.1 Å². The van der Waals surface area contributed by atoms with E-state index in [2.05, 4.69) is 0 Å². The van der Waals surface area contributed by atoms with Crippen LogP contribution in [0.15, 0.2) is 72.3 Å². The monoisotopic (exact) mass is 465 g/mol. The molecular weight excluding hydrogens is 446 g/mol. The van der Waals surface area contributed by atoms with Gasteiger partial charge in [0.1, 0.15) is 23.0 Å². The van der Waals surface area contributed by atoms with Gasteiger partial charge in [0.2, 0.25) is 0 Å². The number of carbonyl (C=O) groups excluding carboxylic acids is 2. The molecule has 7 nitrogen and oxygen atoms in total. The number of aliphatic hydroxyl groups is 1. The van der Waals surface area contributed by atoms with Gasteiger partial charge >= 0.3 is 0 Å². The topological polar surface area (TPSA) is 96.3 Å². The van der Waals surface area contributed by atoms with Crippen LogP contribution in [0.1, 0.15) is 17.2 Å². The van der Waals surface area contributed by atoms with Crippen LogP contribution in [0.25, 0.3) is 5.76 Å². The Morgan fingerprint density at radius 3 is 2.21 bits per heavy atom. The molecule has 33 heavy (non-hydrogen) atoms. The van der Waals surface area contributed by atoms with Crippen molar-refractivity contribution in [2.24, 2.45) is 0 Å². The van der Waals surface area contributed by atoms with E-state index in [1.54, 1.807) is 48.5 Å². The summed E-state index contributed by atoms with van der Waals surface area (Å²) in [5.41, 5.74) is 1.02. The van der Waals surface area contributed by atoms with Gasteiger partial charge in [0.15, 0.2) is 0 Å². The van der Waals surface area contributed by atoms with Gasteiger partial charge < -0.3 is 19.7 Å². The molecule has 0 aliphatic carbocycles. The maximum atomic E-state index is 13.2. The molecule has 0 aromatic heterocycles. The van der Waals surface area contributed by atoms with Crippen LogP contribution in [0.4, 0.5) is 5.69 Å². The first-order valence-electron chi connectivity index (χ1n) is 9.93. The van der Waals surface area contributed by atoms with Crippen LogP contribution in [0.3, 0.4) is 0 Å². The summed E-state index contributed by atoms with van der Waals surface area (Å²) in [5.74, 6) is -1.18. The molecule has 1 aliphatic heterocycles. The van der Waals surface area contributed by atoms with Gasteiger partial charge in [-0.25, -0.2) is 0 Å². The molecule has 0 radical (unpaired) electrons. The number of ether oxygens (including phenoxy) is 2. The number of amides is 1. The molecule has 0 bridgehead atoms. The number of nitrogens with zero attached hydrogens (tertiary/aromatic N) is 1. The van der Waals surface area contributed by atoms with Gasteiger partial charge in [-0.15, -0.1) is 0 Å². The Morgan fingerprint density at radius 1 is 0.939 bits per heavy atom. The van der Waals surface area contributed by atoms with Crippen LogP contribution >= 0.6 is 11.6 Å². The van der Waals surface area contributed by atoms with Gasteiger partial charge in [0.25, 0.3) is 11.7 Å². The number of aromatic hydroxyl groups is 1. The van der Waals surface area contributed by atoms with Crippen molar-refractivity contribution in [3.63, 3.8) is 0 Å². The molecule has 1 amide bonds. The average Bonchev–Trinajstić information content (AvgIpc) is 3.09. The lowest BCUT2D eigenvalue weighted by atomic mass is 9.94. The molecule has 1 heterocycles. The molecule has 0 saturated carbocycles. The number of benzene rings is 3. The third-order valence-electron chi connectivity index (χ3n) is 5.42. The number of ketones is 1. The number of halogens is 1. The van der Waals surface area contributed by atoms with Crippen LogP contribution < -0.4 is 14.4 Å². The third-order valence-corrected chi connectivity index (χ3v) is 5.66. The van der Waals surface area contributed by atoms with Crippen molar-refractivity contribution in [2.45, 2.75) is 6.04 Å². The predicted molar refractivity (Wildman–Crippen MR) is 124 cm³/mol. The highest BCUT2D eigenvalue weighted by Crippen LogP contribution is 2.44. The van der Waals surface area contributed by atoms with Crippen LogP contribution in [0, 0.1) is 0 Å². The molecule has 8 heteroatoms. The van der Waals surface area contributed by atoms with E-state index in [1.807, 2.05) is 0 Å².